The van der Waals surface area contributed by atoms with Crippen LogP contribution in [0.2, 0.25) is 0 Å². The van der Waals surface area contributed by atoms with Crippen molar-refractivity contribution >= 4 is 22.7 Å². The van der Waals surface area contributed by atoms with Crippen molar-refractivity contribution in [2.24, 2.45) is 0 Å². The zero-order valence-electron chi connectivity index (χ0n) is 10.2. The highest BCUT2D eigenvalue weighted by Crippen LogP contribution is 2.14. The predicted molar refractivity (Wildman–Crippen MR) is 80.0 cm³/mol. The summed E-state index contributed by atoms with van der Waals surface area (Å²) < 4.78 is 0. The number of benzene rings is 2. The monoisotopic (exact) mass is 291 g/mol. The minimum Gasteiger partial charge on any atom is -0.381 e. The molecule has 2 heteroatoms. The van der Waals surface area contributed by atoms with Gasteiger partial charge in [-0.15, -0.1) is 17.0 Å². The van der Waals surface area contributed by atoms with Crippen molar-refractivity contribution in [2.45, 2.75) is 20.4 Å². The number of halogens is 1. The minimum atomic E-state index is 0. The van der Waals surface area contributed by atoms with Crippen LogP contribution >= 0.6 is 17.0 Å². The summed E-state index contributed by atoms with van der Waals surface area (Å²) >= 11 is 0. The van der Waals surface area contributed by atoms with Gasteiger partial charge in [0.1, 0.15) is 0 Å². The van der Waals surface area contributed by atoms with Crippen molar-refractivity contribution in [3.63, 3.8) is 0 Å². The molecule has 0 aliphatic carbocycles. The molecule has 0 bridgehead atoms. The Labute approximate surface area is 114 Å². The zero-order chi connectivity index (χ0) is 11.4. The van der Waals surface area contributed by atoms with Gasteiger partial charge in [0.2, 0.25) is 0 Å². The third kappa shape index (κ3) is 4.23. The third-order valence-corrected chi connectivity index (χ3v) is 2.56. The summed E-state index contributed by atoms with van der Waals surface area (Å²) in [4.78, 5) is 0. The molecule has 0 aromatic heterocycles. The summed E-state index contributed by atoms with van der Waals surface area (Å²) in [7, 11) is 0. The summed E-state index contributed by atoms with van der Waals surface area (Å²) in [5, 5.41) is 3.44. The van der Waals surface area contributed by atoms with Gasteiger partial charge in [0.15, 0.2) is 0 Å². The zero-order valence-corrected chi connectivity index (χ0v) is 11.9. The lowest BCUT2D eigenvalue weighted by Gasteiger charge is -2.08. The fraction of sp³-hybridized carbons (Fsp3) is 0.200. The van der Waals surface area contributed by atoms with Gasteiger partial charge in [-0.25, -0.2) is 0 Å². The molecule has 0 saturated carbocycles. The second kappa shape index (κ2) is 6.45. The van der Waals surface area contributed by atoms with Crippen molar-refractivity contribution in [3.8, 4) is 0 Å². The molecule has 1 nitrogen and oxygen atoms in total. The Bertz CT molecular complexity index is 445. The molecular formula is C15H18BrN. The van der Waals surface area contributed by atoms with Crippen molar-refractivity contribution in [1.29, 1.82) is 0 Å². The molecule has 0 atom stereocenters. The van der Waals surface area contributed by atoms with Crippen LogP contribution in [0.1, 0.15) is 16.7 Å². The van der Waals surface area contributed by atoms with E-state index in [-0.39, 0.29) is 17.0 Å². The highest BCUT2D eigenvalue weighted by atomic mass is 79.9. The smallest absolute Gasteiger partial charge is 0.0400 e. The van der Waals surface area contributed by atoms with Gasteiger partial charge in [0.05, 0.1) is 0 Å². The summed E-state index contributed by atoms with van der Waals surface area (Å²) in [6.07, 6.45) is 0. The van der Waals surface area contributed by atoms with Gasteiger partial charge in [0, 0.05) is 12.2 Å². The topological polar surface area (TPSA) is 12.0 Å². The van der Waals surface area contributed by atoms with E-state index in [4.69, 9.17) is 0 Å². The predicted octanol–water partition coefficient (Wildman–Crippen LogP) is 4.49. The van der Waals surface area contributed by atoms with Crippen molar-refractivity contribution in [1.82, 2.24) is 0 Å². The van der Waals surface area contributed by atoms with E-state index in [1.807, 2.05) is 6.07 Å². The Morgan fingerprint density at radius 2 is 1.47 bits per heavy atom. The van der Waals surface area contributed by atoms with Gasteiger partial charge in [0.25, 0.3) is 0 Å². The van der Waals surface area contributed by atoms with Crippen LogP contribution in [0.15, 0.2) is 48.5 Å². The first-order valence-corrected chi connectivity index (χ1v) is 5.60. The largest absolute Gasteiger partial charge is 0.381 e. The first-order valence-electron chi connectivity index (χ1n) is 5.60. The maximum Gasteiger partial charge on any atom is 0.0400 e. The molecule has 17 heavy (non-hydrogen) atoms. The maximum atomic E-state index is 3.44. The normalized spacial score (nSPS) is 9.53. The van der Waals surface area contributed by atoms with Crippen LogP contribution in [-0.2, 0) is 6.54 Å². The van der Waals surface area contributed by atoms with E-state index < -0.39 is 0 Å². The highest BCUT2D eigenvalue weighted by Gasteiger charge is 1.95. The molecule has 0 spiro atoms. The van der Waals surface area contributed by atoms with E-state index in [0.29, 0.717) is 0 Å². The number of anilines is 1. The molecule has 0 saturated heterocycles. The quantitative estimate of drug-likeness (QED) is 0.878. The van der Waals surface area contributed by atoms with E-state index in [2.05, 4.69) is 61.6 Å². The average molecular weight is 292 g/mol. The molecule has 0 unspecified atom stereocenters. The van der Waals surface area contributed by atoms with Gasteiger partial charge in [-0.2, -0.15) is 0 Å². The second-order valence-corrected chi connectivity index (χ2v) is 4.22. The molecule has 2 aromatic rings. The minimum absolute atomic E-state index is 0. The molecule has 0 amide bonds. The van der Waals surface area contributed by atoms with E-state index in [0.717, 1.165) is 6.54 Å². The van der Waals surface area contributed by atoms with Crippen LogP contribution in [0.25, 0.3) is 0 Å². The molecular weight excluding hydrogens is 274 g/mol. The van der Waals surface area contributed by atoms with Gasteiger partial charge in [-0.1, -0.05) is 36.4 Å². The van der Waals surface area contributed by atoms with E-state index in [9.17, 15) is 0 Å². The lowest BCUT2D eigenvalue weighted by molar-refractivity contribution is 1.14. The lowest BCUT2D eigenvalue weighted by Crippen LogP contribution is -1.99. The first-order chi connectivity index (χ1) is 7.74. The van der Waals surface area contributed by atoms with Crippen molar-refractivity contribution in [2.75, 3.05) is 5.32 Å². The molecule has 0 fully saturated rings. The number of hydrogen-bond donors (Lipinski definition) is 1. The van der Waals surface area contributed by atoms with E-state index >= 15 is 0 Å². The Morgan fingerprint density at radius 3 is 2.06 bits per heavy atom. The molecule has 90 valence electrons. The summed E-state index contributed by atoms with van der Waals surface area (Å²) in [5.41, 5.74) is 5.11. The highest BCUT2D eigenvalue weighted by molar-refractivity contribution is 8.93. The van der Waals surface area contributed by atoms with Crippen molar-refractivity contribution in [3.05, 3.63) is 65.2 Å². The SMILES string of the molecule is Br.Cc1cc(C)cc(NCc2ccccc2)c1. The van der Waals surface area contributed by atoms with Crippen LogP contribution in [0.5, 0.6) is 0 Å². The van der Waals surface area contributed by atoms with Crippen LogP contribution in [0.4, 0.5) is 5.69 Å². The number of nitrogens with one attached hydrogen (secondary N) is 1. The van der Waals surface area contributed by atoms with E-state index in [1.54, 1.807) is 0 Å². The van der Waals surface area contributed by atoms with Gasteiger partial charge in [-0.05, 0) is 42.7 Å². The van der Waals surface area contributed by atoms with Gasteiger partial charge in [-0.3, -0.25) is 0 Å². The number of rotatable bonds is 3. The first kappa shape index (κ1) is 13.8. The average Bonchev–Trinajstić information content (AvgIpc) is 2.27. The van der Waals surface area contributed by atoms with Crippen molar-refractivity contribution < 1.29 is 0 Å². The summed E-state index contributed by atoms with van der Waals surface area (Å²) in [5.74, 6) is 0. The van der Waals surface area contributed by atoms with Crippen LogP contribution < -0.4 is 5.32 Å². The maximum absolute atomic E-state index is 3.44. The van der Waals surface area contributed by atoms with Crippen LogP contribution in [-0.4, -0.2) is 0 Å². The third-order valence-electron chi connectivity index (χ3n) is 2.56. The van der Waals surface area contributed by atoms with Crippen LogP contribution in [0, 0.1) is 13.8 Å². The fourth-order valence-electron chi connectivity index (χ4n) is 1.88. The van der Waals surface area contributed by atoms with Gasteiger partial charge < -0.3 is 5.32 Å². The Morgan fingerprint density at radius 1 is 0.882 bits per heavy atom. The Kier molecular flexibility index (Phi) is 5.23. The van der Waals surface area contributed by atoms with Gasteiger partial charge >= 0.3 is 0 Å². The molecule has 2 rings (SSSR count). The molecule has 1 N–H and O–H groups in total. The summed E-state index contributed by atoms with van der Waals surface area (Å²) in [6, 6.07) is 17.0. The number of hydrogen-bond acceptors (Lipinski definition) is 1. The summed E-state index contributed by atoms with van der Waals surface area (Å²) in [6.45, 7) is 5.13. The number of aryl methyl sites for hydroxylation is 2. The standard InChI is InChI=1S/C15H17N.BrH/c1-12-8-13(2)10-15(9-12)16-11-14-6-4-3-5-7-14;/h3-10,16H,11H2,1-2H3;1H. The lowest BCUT2D eigenvalue weighted by atomic mass is 10.1. The molecule has 0 radical (unpaired) electrons. The molecule has 0 aliphatic rings. The molecule has 0 heterocycles. The second-order valence-electron chi connectivity index (χ2n) is 4.22. The Hall–Kier alpha value is -1.28. The Balaban J connectivity index is 0.00000144. The fourth-order valence-corrected chi connectivity index (χ4v) is 1.88. The molecule has 2 aromatic carbocycles. The van der Waals surface area contributed by atoms with E-state index in [1.165, 1.54) is 22.4 Å². The molecule has 0 aliphatic heterocycles. The van der Waals surface area contributed by atoms with Crippen LogP contribution in [0.3, 0.4) is 0 Å².